The lowest BCUT2D eigenvalue weighted by Gasteiger charge is -2.24. The first kappa shape index (κ1) is 15.9. The van der Waals surface area contributed by atoms with E-state index in [-0.39, 0.29) is 12.1 Å². The fourth-order valence-corrected chi connectivity index (χ4v) is 2.45. The lowest BCUT2D eigenvalue weighted by Crippen LogP contribution is -2.34. The van der Waals surface area contributed by atoms with Crippen molar-refractivity contribution in [2.24, 2.45) is 7.05 Å². The summed E-state index contributed by atoms with van der Waals surface area (Å²) in [5, 5.41) is 8.27. The predicted molar refractivity (Wildman–Crippen MR) is 76.6 cm³/mol. The van der Waals surface area contributed by atoms with Crippen molar-refractivity contribution in [2.45, 2.75) is 38.8 Å². The Bertz CT molecular complexity index is 469. The van der Waals surface area contributed by atoms with E-state index >= 15 is 0 Å². The van der Waals surface area contributed by atoms with E-state index in [4.69, 9.17) is 9.47 Å². The second-order valence-corrected chi connectivity index (χ2v) is 5.42. The van der Waals surface area contributed by atoms with Gasteiger partial charge < -0.3 is 14.0 Å². The van der Waals surface area contributed by atoms with Gasteiger partial charge in [0.1, 0.15) is 11.6 Å². The number of rotatable bonds is 7. The molecule has 1 aromatic rings. The third-order valence-electron chi connectivity index (χ3n) is 3.89. The third kappa shape index (κ3) is 4.50. The second kappa shape index (κ2) is 7.51. The number of carbonyl (C=O) groups excluding carboxylic acids is 1. The molecule has 1 fully saturated rings. The van der Waals surface area contributed by atoms with Crippen LogP contribution in [0, 0.1) is 6.92 Å². The molecule has 1 saturated heterocycles. The topological polar surface area (TPSA) is 69.5 Å². The van der Waals surface area contributed by atoms with Crippen LogP contribution in [0.2, 0.25) is 0 Å². The molecule has 2 rings (SSSR count). The Hall–Kier alpha value is -1.47. The normalized spacial score (nSPS) is 18.4. The molecule has 0 radical (unpaired) electrons. The van der Waals surface area contributed by atoms with Gasteiger partial charge in [0, 0.05) is 26.7 Å². The molecule has 21 heavy (non-hydrogen) atoms. The largest absolute Gasteiger partial charge is 0.469 e. The van der Waals surface area contributed by atoms with Gasteiger partial charge in [-0.25, -0.2) is 0 Å². The highest BCUT2D eigenvalue weighted by atomic mass is 16.5. The number of hydrogen-bond acceptors (Lipinski definition) is 6. The van der Waals surface area contributed by atoms with Gasteiger partial charge in [-0.05, 0) is 19.8 Å². The molecule has 1 aliphatic rings. The van der Waals surface area contributed by atoms with Crippen molar-refractivity contribution in [1.29, 1.82) is 0 Å². The van der Waals surface area contributed by atoms with E-state index in [0.717, 1.165) is 37.6 Å². The van der Waals surface area contributed by atoms with Crippen molar-refractivity contribution in [1.82, 2.24) is 19.7 Å². The van der Waals surface area contributed by atoms with E-state index in [9.17, 15) is 4.79 Å². The number of carbonyl (C=O) groups is 1. The fourth-order valence-electron chi connectivity index (χ4n) is 2.45. The summed E-state index contributed by atoms with van der Waals surface area (Å²) >= 11 is 0. The van der Waals surface area contributed by atoms with Gasteiger partial charge in [0.2, 0.25) is 0 Å². The minimum atomic E-state index is -0.193. The molecule has 7 heteroatoms. The van der Waals surface area contributed by atoms with Crippen LogP contribution in [0.25, 0.3) is 0 Å². The number of aromatic nitrogens is 3. The molecular formula is C14H24N4O3. The van der Waals surface area contributed by atoms with Gasteiger partial charge in [0.05, 0.1) is 26.2 Å². The van der Waals surface area contributed by atoms with E-state index < -0.39 is 0 Å². The first-order valence-electron chi connectivity index (χ1n) is 7.35. The van der Waals surface area contributed by atoms with Gasteiger partial charge in [-0.2, -0.15) is 0 Å². The minimum absolute atomic E-state index is 0.193. The molecule has 1 aliphatic heterocycles. The van der Waals surface area contributed by atoms with E-state index in [2.05, 4.69) is 15.1 Å². The van der Waals surface area contributed by atoms with Crippen molar-refractivity contribution in [3.8, 4) is 0 Å². The average molecular weight is 296 g/mol. The molecule has 118 valence electrons. The molecule has 0 aromatic carbocycles. The van der Waals surface area contributed by atoms with E-state index in [1.807, 2.05) is 18.5 Å². The van der Waals surface area contributed by atoms with Crippen LogP contribution >= 0.6 is 0 Å². The lowest BCUT2D eigenvalue weighted by atomic mass is 10.2. The maximum Gasteiger partial charge on any atom is 0.306 e. The number of nitrogens with zero attached hydrogens (tertiary/aromatic N) is 4. The zero-order valence-electron chi connectivity index (χ0n) is 13.0. The number of methoxy groups -OCH3 is 1. The molecule has 1 atom stereocenters. The second-order valence-electron chi connectivity index (χ2n) is 5.42. The van der Waals surface area contributed by atoms with Crippen molar-refractivity contribution in [3.63, 3.8) is 0 Å². The van der Waals surface area contributed by atoms with Crippen LogP contribution in [0.3, 0.4) is 0 Å². The minimum Gasteiger partial charge on any atom is -0.469 e. The monoisotopic (exact) mass is 296 g/mol. The van der Waals surface area contributed by atoms with E-state index in [1.54, 1.807) is 0 Å². The Kier molecular flexibility index (Phi) is 5.69. The molecular weight excluding hydrogens is 272 g/mol. The molecule has 0 spiro atoms. The quantitative estimate of drug-likeness (QED) is 0.689. The van der Waals surface area contributed by atoms with Crippen LogP contribution in [0.4, 0.5) is 0 Å². The predicted octanol–water partition coefficient (Wildman–Crippen LogP) is 0.668. The Balaban J connectivity index is 1.96. The first-order valence-corrected chi connectivity index (χ1v) is 7.35. The summed E-state index contributed by atoms with van der Waals surface area (Å²) < 4.78 is 12.4. The van der Waals surface area contributed by atoms with Crippen LogP contribution in [-0.4, -0.2) is 58.5 Å². The Morgan fingerprint density at radius 2 is 2.33 bits per heavy atom. The Labute approximate surface area is 125 Å². The highest BCUT2D eigenvalue weighted by molar-refractivity contribution is 5.69. The van der Waals surface area contributed by atoms with Crippen molar-refractivity contribution in [3.05, 3.63) is 11.6 Å². The maximum atomic E-state index is 11.4. The number of ether oxygens (including phenoxy) is 2. The fraction of sp³-hybridized carbons (Fsp3) is 0.786. The van der Waals surface area contributed by atoms with Gasteiger partial charge in [0.15, 0.2) is 0 Å². The van der Waals surface area contributed by atoms with E-state index in [0.29, 0.717) is 19.5 Å². The first-order chi connectivity index (χ1) is 10.1. The summed E-state index contributed by atoms with van der Waals surface area (Å²) in [7, 11) is 3.37. The molecule has 2 heterocycles. The number of hydrogen-bond donors (Lipinski definition) is 0. The van der Waals surface area contributed by atoms with Crippen LogP contribution in [0.15, 0.2) is 0 Å². The summed E-state index contributed by atoms with van der Waals surface area (Å²) in [6.45, 7) is 4.86. The summed E-state index contributed by atoms with van der Waals surface area (Å²) in [6, 6.07) is 0. The van der Waals surface area contributed by atoms with E-state index in [1.165, 1.54) is 7.11 Å². The summed E-state index contributed by atoms with van der Waals surface area (Å²) in [5.74, 6) is 1.59. The molecule has 1 aromatic heterocycles. The summed E-state index contributed by atoms with van der Waals surface area (Å²) in [6.07, 6.45) is 2.81. The van der Waals surface area contributed by atoms with Crippen molar-refractivity contribution in [2.75, 3.05) is 26.8 Å². The molecule has 0 bridgehead atoms. The van der Waals surface area contributed by atoms with Crippen LogP contribution in [-0.2, 0) is 27.9 Å². The van der Waals surface area contributed by atoms with Gasteiger partial charge in [-0.3, -0.25) is 9.69 Å². The van der Waals surface area contributed by atoms with Crippen LogP contribution in [0.1, 0.15) is 30.9 Å². The van der Waals surface area contributed by atoms with Gasteiger partial charge in [0.25, 0.3) is 0 Å². The number of esters is 1. The highest BCUT2D eigenvalue weighted by Gasteiger charge is 2.21. The molecule has 1 unspecified atom stereocenters. The summed E-state index contributed by atoms with van der Waals surface area (Å²) in [4.78, 5) is 13.6. The Morgan fingerprint density at radius 3 is 2.90 bits per heavy atom. The third-order valence-corrected chi connectivity index (χ3v) is 3.89. The zero-order chi connectivity index (χ0) is 15.2. The smallest absolute Gasteiger partial charge is 0.306 e. The van der Waals surface area contributed by atoms with Crippen LogP contribution in [0.5, 0.6) is 0 Å². The molecule has 0 amide bonds. The van der Waals surface area contributed by atoms with Crippen molar-refractivity contribution >= 4 is 5.97 Å². The standard InChI is InChI=1S/C14H24N4O3/c1-11-15-16-13(17(11)2)10-18(7-6-14(19)20-3)9-12-5-4-8-21-12/h12H,4-10H2,1-3H3. The lowest BCUT2D eigenvalue weighted by molar-refractivity contribution is -0.141. The van der Waals surface area contributed by atoms with Gasteiger partial charge >= 0.3 is 5.97 Å². The molecule has 0 saturated carbocycles. The molecule has 0 aliphatic carbocycles. The van der Waals surface area contributed by atoms with Gasteiger partial charge in [-0.1, -0.05) is 0 Å². The van der Waals surface area contributed by atoms with Crippen molar-refractivity contribution < 1.29 is 14.3 Å². The van der Waals surface area contributed by atoms with Gasteiger partial charge in [-0.15, -0.1) is 10.2 Å². The SMILES string of the molecule is COC(=O)CCN(Cc1nnc(C)n1C)CC1CCCO1. The average Bonchev–Trinajstić information content (AvgIpc) is 3.09. The number of aryl methyl sites for hydroxylation is 1. The molecule has 0 N–H and O–H groups in total. The Morgan fingerprint density at radius 1 is 1.52 bits per heavy atom. The molecule has 7 nitrogen and oxygen atoms in total. The zero-order valence-corrected chi connectivity index (χ0v) is 13.0. The highest BCUT2D eigenvalue weighted by Crippen LogP contribution is 2.15. The summed E-state index contributed by atoms with van der Waals surface area (Å²) in [5.41, 5.74) is 0. The van der Waals surface area contributed by atoms with Crippen LogP contribution < -0.4 is 0 Å². The maximum absolute atomic E-state index is 11.4.